The van der Waals surface area contributed by atoms with Crippen LogP contribution in [0.15, 0.2) is 59.5 Å². The third kappa shape index (κ3) is 4.68. The Hall–Kier alpha value is -1.93. The molecule has 1 unspecified atom stereocenters. The van der Waals surface area contributed by atoms with E-state index in [-0.39, 0.29) is 10.9 Å². The third-order valence-electron chi connectivity index (χ3n) is 4.71. The predicted molar refractivity (Wildman–Crippen MR) is 104 cm³/mol. The Morgan fingerprint density at radius 3 is 2.37 bits per heavy atom. The summed E-state index contributed by atoms with van der Waals surface area (Å²) in [5.74, 6) is 0.629. The van der Waals surface area contributed by atoms with E-state index in [0.29, 0.717) is 38.6 Å². The topological polar surface area (TPSA) is 59.1 Å². The molecule has 7 heteroatoms. The van der Waals surface area contributed by atoms with Crippen molar-refractivity contribution in [2.24, 2.45) is 0 Å². The quantitative estimate of drug-likeness (QED) is 0.680. The van der Waals surface area contributed by atoms with Crippen molar-refractivity contribution in [3.05, 3.63) is 60.2 Å². The van der Waals surface area contributed by atoms with Crippen molar-refractivity contribution in [2.75, 3.05) is 47.0 Å². The number of hydrogen-bond donors (Lipinski definition) is 0. The molecule has 0 N–H and O–H groups in total. The average Bonchev–Trinajstić information content (AvgIpc) is 2.69. The highest BCUT2D eigenvalue weighted by Crippen LogP contribution is 2.31. The molecule has 1 aliphatic heterocycles. The summed E-state index contributed by atoms with van der Waals surface area (Å²) in [7, 11) is 0.0310. The van der Waals surface area contributed by atoms with E-state index in [9.17, 15) is 8.42 Å². The number of nitrogens with zero attached hydrogens (tertiary/aromatic N) is 2. The second-order valence-corrected chi connectivity index (χ2v) is 8.51. The van der Waals surface area contributed by atoms with Crippen LogP contribution in [-0.2, 0) is 14.8 Å². The van der Waals surface area contributed by atoms with Gasteiger partial charge in [0.1, 0.15) is 12.4 Å². The molecule has 3 rings (SSSR count). The van der Waals surface area contributed by atoms with E-state index < -0.39 is 10.0 Å². The SMILES string of the molecule is COCCOc1ccc(S(=O)(=O)N2CCN(C)CC2c2ccccc2)cc1. The van der Waals surface area contributed by atoms with Crippen LogP contribution in [-0.4, -0.2) is 64.6 Å². The largest absolute Gasteiger partial charge is 0.491 e. The van der Waals surface area contributed by atoms with Gasteiger partial charge in [-0.25, -0.2) is 8.42 Å². The first-order valence-electron chi connectivity index (χ1n) is 8.99. The lowest BCUT2D eigenvalue weighted by atomic mass is 10.1. The van der Waals surface area contributed by atoms with Gasteiger partial charge >= 0.3 is 0 Å². The number of ether oxygens (including phenoxy) is 2. The Morgan fingerprint density at radius 2 is 1.70 bits per heavy atom. The Labute approximate surface area is 161 Å². The lowest BCUT2D eigenvalue weighted by Gasteiger charge is -2.39. The van der Waals surface area contributed by atoms with Crippen LogP contribution in [0.25, 0.3) is 0 Å². The van der Waals surface area contributed by atoms with E-state index in [1.807, 2.05) is 37.4 Å². The van der Waals surface area contributed by atoms with Gasteiger partial charge in [-0.1, -0.05) is 30.3 Å². The van der Waals surface area contributed by atoms with E-state index in [2.05, 4.69) is 4.90 Å². The Balaban J connectivity index is 1.83. The van der Waals surface area contributed by atoms with Crippen LogP contribution in [0.2, 0.25) is 0 Å². The molecule has 6 nitrogen and oxygen atoms in total. The molecule has 0 aromatic heterocycles. The summed E-state index contributed by atoms with van der Waals surface area (Å²) < 4.78 is 38.7. The minimum absolute atomic E-state index is 0.201. The van der Waals surface area contributed by atoms with E-state index in [1.165, 1.54) is 0 Å². The predicted octanol–water partition coefficient (Wildman–Crippen LogP) is 2.39. The Morgan fingerprint density at radius 1 is 1.00 bits per heavy atom. The van der Waals surface area contributed by atoms with Gasteiger partial charge in [0.25, 0.3) is 0 Å². The van der Waals surface area contributed by atoms with Crippen LogP contribution >= 0.6 is 0 Å². The van der Waals surface area contributed by atoms with E-state index in [4.69, 9.17) is 9.47 Å². The number of rotatable bonds is 7. The smallest absolute Gasteiger partial charge is 0.243 e. The van der Waals surface area contributed by atoms with Crippen LogP contribution in [0, 0.1) is 0 Å². The lowest BCUT2D eigenvalue weighted by molar-refractivity contribution is 0.146. The summed E-state index contributed by atoms with van der Waals surface area (Å²) >= 11 is 0. The van der Waals surface area contributed by atoms with Crippen molar-refractivity contribution in [1.82, 2.24) is 9.21 Å². The minimum atomic E-state index is -3.60. The number of hydrogen-bond acceptors (Lipinski definition) is 5. The van der Waals surface area contributed by atoms with Crippen molar-refractivity contribution in [2.45, 2.75) is 10.9 Å². The monoisotopic (exact) mass is 390 g/mol. The zero-order chi connectivity index (χ0) is 19.3. The maximum atomic E-state index is 13.3. The molecular formula is C20H26N2O4S. The molecule has 27 heavy (non-hydrogen) atoms. The fourth-order valence-electron chi connectivity index (χ4n) is 3.22. The molecule has 0 aliphatic carbocycles. The van der Waals surface area contributed by atoms with Gasteiger partial charge in [-0.15, -0.1) is 0 Å². The van der Waals surface area contributed by atoms with Gasteiger partial charge in [0.05, 0.1) is 17.5 Å². The maximum absolute atomic E-state index is 13.3. The summed E-state index contributed by atoms with van der Waals surface area (Å²) in [6, 6.07) is 16.2. The fraction of sp³-hybridized carbons (Fsp3) is 0.400. The molecule has 1 aliphatic rings. The van der Waals surface area contributed by atoms with Crippen LogP contribution in [0.5, 0.6) is 5.75 Å². The highest BCUT2D eigenvalue weighted by atomic mass is 32.2. The summed E-state index contributed by atoms with van der Waals surface area (Å²) in [5.41, 5.74) is 1.01. The summed E-state index contributed by atoms with van der Waals surface area (Å²) in [6.07, 6.45) is 0. The average molecular weight is 391 g/mol. The number of likely N-dealkylation sites (N-methyl/N-ethyl adjacent to an activating group) is 1. The number of sulfonamides is 1. The lowest BCUT2D eigenvalue weighted by Crippen LogP contribution is -2.49. The Kier molecular flexibility index (Phi) is 6.49. The highest BCUT2D eigenvalue weighted by molar-refractivity contribution is 7.89. The van der Waals surface area contributed by atoms with Gasteiger partial charge in [-0.3, -0.25) is 0 Å². The molecule has 0 saturated carbocycles. The minimum Gasteiger partial charge on any atom is -0.491 e. The molecule has 1 heterocycles. The van der Waals surface area contributed by atoms with Gasteiger partial charge in [0.15, 0.2) is 0 Å². The number of methoxy groups -OCH3 is 1. The van der Waals surface area contributed by atoms with Crippen molar-refractivity contribution >= 4 is 10.0 Å². The molecule has 146 valence electrons. The van der Waals surface area contributed by atoms with Gasteiger partial charge < -0.3 is 14.4 Å². The molecule has 0 bridgehead atoms. The van der Waals surface area contributed by atoms with Crippen molar-refractivity contribution < 1.29 is 17.9 Å². The standard InChI is InChI=1S/C20H26N2O4S/c1-21-12-13-22(20(16-21)17-6-4-3-5-7-17)27(23,24)19-10-8-18(9-11-19)26-15-14-25-2/h3-11,20H,12-16H2,1-2H3. The molecule has 0 spiro atoms. The molecule has 1 atom stereocenters. The van der Waals surface area contributed by atoms with Crippen LogP contribution in [0.3, 0.4) is 0 Å². The van der Waals surface area contributed by atoms with E-state index >= 15 is 0 Å². The van der Waals surface area contributed by atoms with Crippen molar-refractivity contribution in [1.29, 1.82) is 0 Å². The van der Waals surface area contributed by atoms with Crippen molar-refractivity contribution in [3.8, 4) is 5.75 Å². The number of piperazine rings is 1. The fourth-order valence-corrected chi connectivity index (χ4v) is 4.82. The molecule has 1 fully saturated rings. The van der Waals surface area contributed by atoms with Crippen LogP contribution in [0.4, 0.5) is 0 Å². The first kappa shape index (κ1) is 19.8. The molecule has 2 aromatic rings. The maximum Gasteiger partial charge on any atom is 0.243 e. The molecule has 0 radical (unpaired) electrons. The first-order valence-corrected chi connectivity index (χ1v) is 10.4. The van der Waals surface area contributed by atoms with E-state index in [0.717, 1.165) is 5.56 Å². The summed E-state index contributed by atoms with van der Waals surface area (Å²) in [5, 5.41) is 0. The summed E-state index contributed by atoms with van der Waals surface area (Å²) in [6.45, 7) is 2.75. The second-order valence-electron chi connectivity index (χ2n) is 6.62. The number of benzene rings is 2. The third-order valence-corrected chi connectivity index (χ3v) is 6.63. The summed E-state index contributed by atoms with van der Waals surface area (Å²) in [4.78, 5) is 2.45. The van der Waals surface area contributed by atoms with Gasteiger partial charge in [0, 0.05) is 26.7 Å². The Bertz CT molecular complexity index is 825. The highest BCUT2D eigenvalue weighted by Gasteiger charge is 2.36. The van der Waals surface area contributed by atoms with Crippen LogP contribution < -0.4 is 4.74 Å². The molecule has 0 amide bonds. The molecule has 2 aromatic carbocycles. The normalized spacial score (nSPS) is 19.1. The zero-order valence-electron chi connectivity index (χ0n) is 15.7. The van der Waals surface area contributed by atoms with E-state index in [1.54, 1.807) is 35.7 Å². The second kappa shape index (κ2) is 8.84. The molecular weight excluding hydrogens is 364 g/mol. The van der Waals surface area contributed by atoms with Gasteiger partial charge in [-0.2, -0.15) is 4.31 Å². The molecule has 1 saturated heterocycles. The zero-order valence-corrected chi connectivity index (χ0v) is 16.6. The van der Waals surface area contributed by atoms with Crippen LogP contribution in [0.1, 0.15) is 11.6 Å². The van der Waals surface area contributed by atoms with Crippen molar-refractivity contribution in [3.63, 3.8) is 0 Å². The first-order chi connectivity index (χ1) is 13.0. The van der Waals surface area contributed by atoms with Gasteiger partial charge in [0.2, 0.25) is 10.0 Å². The van der Waals surface area contributed by atoms with Gasteiger partial charge in [-0.05, 0) is 36.9 Å².